The van der Waals surface area contributed by atoms with Crippen LogP contribution in [0, 0.1) is 10.1 Å². The molecule has 1 heterocycles. The molecule has 0 spiro atoms. The SMILES string of the molecule is COC1CCN(S(=O)(=O)c2cc([N+](=O)[O-])ccc2Cl)C1. The Hall–Kier alpha value is -1.22. The van der Waals surface area contributed by atoms with Crippen molar-refractivity contribution in [2.45, 2.75) is 17.4 Å². The maximum absolute atomic E-state index is 12.5. The molecule has 0 aromatic heterocycles. The van der Waals surface area contributed by atoms with Gasteiger partial charge >= 0.3 is 0 Å². The highest BCUT2D eigenvalue weighted by Gasteiger charge is 2.34. The molecule has 20 heavy (non-hydrogen) atoms. The van der Waals surface area contributed by atoms with Crippen molar-refractivity contribution in [3.05, 3.63) is 33.3 Å². The number of nitrogens with zero attached hydrogens (tertiary/aromatic N) is 2. The molecule has 1 aromatic rings. The zero-order chi connectivity index (χ0) is 14.9. The Morgan fingerprint density at radius 3 is 2.75 bits per heavy atom. The summed E-state index contributed by atoms with van der Waals surface area (Å²) in [6.07, 6.45) is 0.421. The molecule has 1 aliphatic rings. The molecule has 0 aliphatic carbocycles. The van der Waals surface area contributed by atoms with Crippen molar-refractivity contribution in [3.8, 4) is 0 Å². The summed E-state index contributed by atoms with van der Waals surface area (Å²) in [7, 11) is -2.34. The summed E-state index contributed by atoms with van der Waals surface area (Å²) in [5, 5.41) is 10.7. The fraction of sp³-hybridized carbons (Fsp3) is 0.455. The molecular formula is C11H13ClN2O5S. The van der Waals surface area contributed by atoms with Crippen LogP contribution in [0.2, 0.25) is 5.02 Å². The lowest BCUT2D eigenvalue weighted by Gasteiger charge is -2.17. The number of methoxy groups -OCH3 is 1. The molecule has 9 heteroatoms. The van der Waals surface area contributed by atoms with Gasteiger partial charge < -0.3 is 4.74 Å². The van der Waals surface area contributed by atoms with Crippen LogP contribution in [0.1, 0.15) is 6.42 Å². The van der Waals surface area contributed by atoms with E-state index in [2.05, 4.69) is 0 Å². The smallest absolute Gasteiger partial charge is 0.270 e. The third-order valence-electron chi connectivity index (χ3n) is 3.18. The van der Waals surface area contributed by atoms with Crippen molar-refractivity contribution < 1.29 is 18.1 Å². The summed E-state index contributed by atoms with van der Waals surface area (Å²) in [6, 6.07) is 3.37. The largest absolute Gasteiger partial charge is 0.380 e. The molecule has 1 fully saturated rings. The Bertz CT molecular complexity index is 634. The van der Waals surface area contributed by atoms with Gasteiger partial charge in [-0.05, 0) is 12.5 Å². The van der Waals surface area contributed by atoms with Crippen molar-refractivity contribution >= 4 is 27.3 Å². The van der Waals surface area contributed by atoms with Gasteiger partial charge in [-0.25, -0.2) is 8.42 Å². The molecule has 0 radical (unpaired) electrons. The molecule has 1 saturated heterocycles. The Kier molecular flexibility index (Phi) is 4.28. The van der Waals surface area contributed by atoms with Gasteiger partial charge in [-0.3, -0.25) is 10.1 Å². The van der Waals surface area contributed by atoms with Crippen LogP contribution in [-0.4, -0.2) is 43.9 Å². The number of hydrogen-bond donors (Lipinski definition) is 0. The number of halogens is 1. The number of ether oxygens (including phenoxy) is 1. The van der Waals surface area contributed by atoms with Gasteiger partial charge in [0.15, 0.2) is 0 Å². The van der Waals surface area contributed by atoms with E-state index in [-0.39, 0.29) is 28.3 Å². The van der Waals surface area contributed by atoms with E-state index in [1.165, 1.54) is 23.5 Å². The molecular weight excluding hydrogens is 308 g/mol. The second-order valence-corrected chi connectivity index (χ2v) is 6.69. The minimum Gasteiger partial charge on any atom is -0.380 e. The van der Waals surface area contributed by atoms with Crippen molar-refractivity contribution in [1.29, 1.82) is 0 Å². The van der Waals surface area contributed by atoms with Gasteiger partial charge in [0.2, 0.25) is 10.0 Å². The summed E-state index contributed by atoms with van der Waals surface area (Å²) in [6.45, 7) is 0.526. The second-order valence-electron chi connectivity index (χ2n) is 4.38. The summed E-state index contributed by atoms with van der Waals surface area (Å²) >= 11 is 5.87. The highest BCUT2D eigenvalue weighted by molar-refractivity contribution is 7.89. The topological polar surface area (TPSA) is 89.8 Å². The number of sulfonamides is 1. The fourth-order valence-corrected chi connectivity index (χ4v) is 4.03. The number of rotatable bonds is 4. The quantitative estimate of drug-likeness (QED) is 0.621. The van der Waals surface area contributed by atoms with E-state index in [0.717, 1.165) is 6.07 Å². The van der Waals surface area contributed by atoms with Crippen LogP contribution in [-0.2, 0) is 14.8 Å². The molecule has 0 N–H and O–H groups in total. The lowest BCUT2D eigenvalue weighted by molar-refractivity contribution is -0.385. The Morgan fingerprint density at radius 1 is 1.50 bits per heavy atom. The minimum atomic E-state index is -3.85. The molecule has 1 atom stereocenters. The van der Waals surface area contributed by atoms with E-state index < -0.39 is 14.9 Å². The molecule has 0 bridgehead atoms. The van der Waals surface area contributed by atoms with Crippen molar-refractivity contribution in [2.24, 2.45) is 0 Å². The van der Waals surface area contributed by atoms with Crippen LogP contribution in [0.3, 0.4) is 0 Å². The number of hydrogen-bond acceptors (Lipinski definition) is 5. The van der Waals surface area contributed by atoms with Gasteiger partial charge in [0.05, 0.1) is 16.0 Å². The Balaban J connectivity index is 2.39. The van der Waals surface area contributed by atoms with Gasteiger partial charge in [-0.15, -0.1) is 0 Å². The maximum Gasteiger partial charge on any atom is 0.270 e. The van der Waals surface area contributed by atoms with Crippen LogP contribution in [0.4, 0.5) is 5.69 Å². The predicted octanol–water partition coefficient (Wildman–Crippen LogP) is 1.66. The monoisotopic (exact) mass is 320 g/mol. The molecule has 2 rings (SSSR count). The highest BCUT2D eigenvalue weighted by Crippen LogP contribution is 2.30. The Labute approximate surface area is 121 Å². The van der Waals surface area contributed by atoms with Crippen LogP contribution in [0.25, 0.3) is 0 Å². The lowest BCUT2D eigenvalue weighted by atomic mass is 10.3. The number of non-ortho nitro benzene ring substituents is 1. The molecule has 1 aliphatic heterocycles. The zero-order valence-electron chi connectivity index (χ0n) is 10.7. The molecule has 7 nitrogen and oxygen atoms in total. The first kappa shape index (κ1) is 15.2. The van der Waals surface area contributed by atoms with Crippen molar-refractivity contribution in [1.82, 2.24) is 4.31 Å². The van der Waals surface area contributed by atoms with E-state index >= 15 is 0 Å². The molecule has 1 aromatic carbocycles. The standard InChI is InChI=1S/C11H13ClN2O5S/c1-19-9-4-5-13(7-9)20(17,18)11-6-8(14(15)16)2-3-10(11)12/h2-3,6,9H,4-5,7H2,1H3. The van der Waals surface area contributed by atoms with Gasteiger partial charge in [-0.1, -0.05) is 11.6 Å². The van der Waals surface area contributed by atoms with E-state index in [1.807, 2.05) is 0 Å². The average molecular weight is 321 g/mol. The number of nitro groups is 1. The van der Waals surface area contributed by atoms with Crippen LogP contribution < -0.4 is 0 Å². The Morgan fingerprint density at radius 2 is 2.20 bits per heavy atom. The number of benzene rings is 1. The molecule has 110 valence electrons. The minimum absolute atomic E-state index is 0.0310. The van der Waals surface area contributed by atoms with E-state index in [9.17, 15) is 18.5 Å². The third-order valence-corrected chi connectivity index (χ3v) is 5.53. The second kappa shape index (κ2) is 5.65. The molecule has 1 unspecified atom stereocenters. The van der Waals surface area contributed by atoms with Crippen molar-refractivity contribution in [2.75, 3.05) is 20.2 Å². The molecule has 0 amide bonds. The number of nitro benzene ring substituents is 1. The first-order chi connectivity index (χ1) is 9.36. The van der Waals surface area contributed by atoms with Gasteiger partial charge in [0.25, 0.3) is 5.69 Å². The first-order valence-corrected chi connectivity index (χ1v) is 7.65. The summed E-state index contributed by atoms with van der Waals surface area (Å²) in [4.78, 5) is 9.84. The highest BCUT2D eigenvalue weighted by atomic mass is 35.5. The average Bonchev–Trinajstić information content (AvgIpc) is 2.88. The van der Waals surface area contributed by atoms with Gasteiger partial charge in [-0.2, -0.15) is 4.31 Å². The first-order valence-electron chi connectivity index (χ1n) is 5.83. The van der Waals surface area contributed by atoms with Crippen molar-refractivity contribution in [3.63, 3.8) is 0 Å². The maximum atomic E-state index is 12.5. The predicted molar refractivity (Wildman–Crippen MR) is 72.3 cm³/mol. The third kappa shape index (κ3) is 2.78. The molecule has 0 saturated carbocycles. The summed E-state index contributed by atoms with van der Waals surface area (Å²) in [5.74, 6) is 0. The lowest BCUT2D eigenvalue weighted by Crippen LogP contribution is -2.30. The van der Waals surface area contributed by atoms with Crippen LogP contribution >= 0.6 is 11.6 Å². The van der Waals surface area contributed by atoms with E-state index in [4.69, 9.17) is 16.3 Å². The normalized spacial score (nSPS) is 20.2. The summed E-state index contributed by atoms with van der Waals surface area (Å²) < 4.78 is 31.3. The van der Waals surface area contributed by atoms with Crippen LogP contribution in [0.15, 0.2) is 23.1 Å². The van der Waals surface area contributed by atoms with Crippen LogP contribution in [0.5, 0.6) is 0 Å². The van der Waals surface area contributed by atoms with Gasteiger partial charge in [0, 0.05) is 32.3 Å². The van der Waals surface area contributed by atoms with E-state index in [0.29, 0.717) is 13.0 Å². The zero-order valence-corrected chi connectivity index (χ0v) is 12.2. The van der Waals surface area contributed by atoms with E-state index in [1.54, 1.807) is 0 Å². The van der Waals surface area contributed by atoms with Gasteiger partial charge in [0.1, 0.15) is 4.90 Å². The summed E-state index contributed by atoms with van der Waals surface area (Å²) in [5.41, 5.74) is -0.310. The fourth-order valence-electron chi connectivity index (χ4n) is 2.05.